The van der Waals surface area contributed by atoms with Crippen molar-refractivity contribution in [1.82, 2.24) is 14.9 Å². The number of fused-ring (bicyclic) bond motifs is 1. The Morgan fingerprint density at radius 3 is 2.59 bits per heavy atom. The van der Waals surface area contributed by atoms with Gasteiger partial charge in [-0.1, -0.05) is 18.2 Å². The Kier molecular flexibility index (Phi) is 6.28. The van der Waals surface area contributed by atoms with Crippen molar-refractivity contribution in [3.05, 3.63) is 82.0 Å². The molecule has 1 atom stereocenters. The predicted octanol–water partition coefficient (Wildman–Crippen LogP) is 1.57. The van der Waals surface area contributed by atoms with Crippen LogP contribution in [-0.4, -0.2) is 21.3 Å². The highest BCUT2D eigenvalue weighted by atomic mass is 16.1. The number of hydrogen-bond acceptors (Lipinski definition) is 6. The minimum absolute atomic E-state index is 0.0243. The average Bonchev–Trinajstić information content (AvgIpc) is 2.79. The molecule has 1 aromatic heterocycles. The maximum Gasteiger partial charge on any atom is 0.266 e. The maximum absolute atomic E-state index is 13.4. The van der Waals surface area contributed by atoms with Crippen LogP contribution in [0.4, 0.5) is 0 Å². The zero-order chi connectivity index (χ0) is 23.3. The molecule has 158 valence electrons. The molecule has 32 heavy (non-hydrogen) atoms. The molecule has 6 N–H and O–H groups in total. The first-order valence-corrected chi connectivity index (χ1v) is 9.43. The number of aromatic nitrogens is 2. The minimum Gasteiger partial charge on any atom is -0.403 e. The van der Waals surface area contributed by atoms with Crippen LogP contribution in [0.5, 0.6) is 0 Å². The second-order valence-corrected chi connectivity index (χ2v) is 6.69. The van der Waals surface area contributed by atoms with E-state index in [0.29, 0.717) is 28.0 Å². The zero-order valence-electron chi connectivity index (χ0n) is 17.1. The van der Waals surface area contributed by atoms with E-state index >= 15 is 0 Å². The Hall–Kier alpha value is -4.96. The second kappa shape index (κ2) is 9.24. The van der Waals surface area contributed by atoms with Crippen LogP contribution in [0.2, 0.25) is 0 Å². The molecule has 0 aliphatic rings. The topological polar surface area (TPSA) is 183 Å². The number of aliphatic imine (C=N–C) groups is 1. The molecule has 0 saturated carbocycles. The molecular formula is C22H19N9O. The highest BCUT2D eigenvalue weighted by molar-refractivity contribution is 6.07. The lowest BCUT2D eigenvalue weighted by Crippen LogP contribution is -2.35. The van der Waals surface area contributed by atoms with E-state index in [-0.39, 0.29) is 17.0 Å². The molecule has 0 aliphatic heterocycles. The van der Waals surface area contributed by atoms with E-state index in [0.717, 1.165) is 6.20 Å². The fourth-order valence-corrected chi connectivity index (χ4v) is 3.12. The summed E-state index contributed by atoms with van der Waals surface area (Å²) in [6.07, 6.45) is 1.04. The van der Waals surface area contributed by atoms with Crippen LogP contribution in [0.3, 0.4) is 0 Å². The summed E-state index contributed by atoms with van der Waals surface area (Å²) >= 11 is 0. The smallest absolute Gasteiger partial charge is 0.266 e. The number of nitrogens with two attached hydrogens (primary N) is 2. The Morgan fingerprint density at radius 2 is 2.00 bits per heavy atom. The van der Waals surface area contributed by atoms with Crippen molar-refractivity contribution in [1.29, 1.82) is 15.9 Å². The molecule has 0 aliphatic carbocycles. The zero-order valence-corrected chi connectivity index (χ0v) is 17.1. The number of hydrogen-bond donors (Lipinski definition) is 4. The van der Waals surface area contributed by atoms with E-state index < -0.39 is 12.0 Å². The fourth-order valence-electron chi connectivity index (χ4n) is 3.12. The predicted molar refractivity (Wildman–Crippen MR) is 121 cm³/mol. The van der Waals surface area contributed by atoms with E-state index in [9.17, 15) is 15.3 Å². The van der Waals surface area contributed by atoms with Gasteiger partial charge in [-0.15, -0.1) is 0 Å². The van der Waals surface area contributed by atoms with Crippen molar-refractivity contribution in [3.8, 4) is 17.8 Å². The summed E-state index contributed by atoms with van der Waals surface area (Å²) in [5, 5.41) is 29.3. The highest BCUT2D eigenvalue weighted by Crippen LogP contribution is 2.19. The lowest BCUT2D eigenvalue weighted by Gasteiger charge is -2.21. The number of nitrogens with zero attached hydrogens (tertiary/aromatic N) is 5. The molecular weight excluding hydrogens is 406 g/mol. The van der Waals surface area contributed by atoms with E-state index in [1.54, 1.807) is 43.3 Å². The number of nitrogens with one attached hydrogen (secondary N) is 2. The lowest BCUT2D eigenvalue weighted by molar-refractivity contribution is 0.635. The average molecular weight is 425 g/mol. The van der Waals surface area contributed by atoms with E-state index in [2.05, 4.69) is 15.3 Å². The summed E-state index contributed by atoms with van der Waals surface area (Å²) in [6.45, 7) is 1.72. The van der Waals surface area contributed by atoms with Gasteiger partial charge >= 0.3 is 0 Å². The molecule has 10 heteroatoms. The third-order valence-electron chi connectivity index (χ3n) is 4.55. The second-order valence-electron chi connectivity index (χ2n) is 6.69. The first-order chi connectivity index (χ1) is 15.4. The van der Waals surface area contributed by atoms with E-state index in [1.165, 1.54) is 10.6 Å². The molecule has 0 saturated heterocycles. The first kappa shape index (κ1) is 21.7. The molecule has 0 bridgehead atoms. The molecule has 0 spiro atoms. The normalized spacial score (nSPS) is 12.6. The number of amidine groups is 1. The Morgan fingerprint density at radius 1 is 1.28 bits per heavy atom. The summed E-state index contributed by atoms with van der Waals surface area (Å²) < 4.78 is 1.42. The Labute approximate surface area is 183 Å². The van der Waals surface area contributed by atoms with Crippen LogP contribution in [0.15, 0.2) is 70.1 Å². The monoisotopic (exact) mass is 425 g/mol. The number of benzene rings is 2. The van der Waals surface area contributed by atoms with Crippen molar-refractivity contribution in [2.45, 2.75) is 13.0 Å². The number of guanidine groups is 1. The molecule has 1 unspecified atom stereocenters. The van der Waals surface area contributed by atoms with Gasteiger partial charge in [-0.25, -0.2) is 4.98 Å². The molecule has 2 aromatic carbocycles. The van der Waals surface area contributed by atoms with Crippen LogP contribution in [0.25, 0.3) is 16.6 Å². The van der Waals surface area contributed by atoms with E-state index in [1.807, 2.05) is 18.2 Å². The quantitative estimate of drug-likeness (QED) is 0.278. The molecule has 1 heterocycles. The van der Waals surface area contributed by atoms with Gasteiger partial charge in [0.1, 0.15) is 23.3 Å². The summed E-state index contributed by atoms with van der Waals surface area (Å²) in [6, 6.07) is 16.8. The first-order valence-electron chi connectivity index (χ1n) is 9.43. The summed E-state index contributed by atoms with van der Waals surface area (Å²) in [5.74, 6) is -0.224. The summed E-state index contributed by atoms with van der Waals surface area (Å²) in [7, 11) is 0. The van der Waals surface area contributed by atoms with E-state index in [4.69, 9.17) is 16.9 Å². The van der Waals surface area contributed by atoms with Gasteiger partial charge in [-0.2, -0.15) is 15.5 Å². The van der Waals surface area contributed by atoms with Crippen molar-refractivity contribution in [2.24, 2.45) is 16.5 Å². The molecule has 0 radical (unpaired) electrons. The maximum atomic E-state index is 13.4. The molecule has 3 rings (SSSR count). The van der Waals surface area contributed by atoms with Crippen molar-refractivity contribution < 1.29 is 0 Å². The fraction of sp³-hybridized carbons (Fsp3) is 0.0909. The van der Waals surface area contributed by atoms with Crippen molar-refractivity contribution >= 4 is 22.7 Å². The molecule has 0 fully saturated rings. The van der Waals surface area contributed by atoms with Crippen molar-refractivity contribution in [2.75, 3.05) is 0 Å². The van der Waals surface area contributed by atoms with Gasteiger partial charge in [0, 0.05) is 6.20 Å². The molecule has 0 amide bonds. The lowest BCUT2D eigenvalue weighted by atomic mass is 10.1. The van der Waals surface area contributed by atoms with Crippen molar-refractivity contribution in [3.63, 3.8) is 0 Å². The van der Waals surface area contributed by atoms with Crippen LogP contribution in [-0.2, 0) is 0 Å². The molecule has 10 nitrogen and oxygen atoms in total. The van der Waals surface area contributed by atoms with Gasteiger partial charge in [0.2, 0.25) is 5.96 Å². The van der Waals surface area contributed by atoms with Gasteiger partial charge in [-0.3, -0.25) is 14.8 Å². The van der Waals surface area contributed by atoms with Gasteiger partial charge in [-0.05, 0) is 37.3 Å². The SMILES string of the molecule is CC(NC(=N/C(=N)N)/C(C#N)=C/N)c1nc2ccc(C#N)cc2c(=O)n1-c1ccccc1. The number of rotatable bonds is 4. The van der Waals surface area contributed by atoms with Crippen LogP contribution < -0.4 is 22.3 Å². The Bertz CT molecular complexity index is 1390. The number of nitriles is 2. The van der Waals surface area contributed by atoms with Gasteiger partial charge in [0.05, 0.1) is 34.3 Å². The highest BCUT2D eigenvalue weighted by Gasteiger charge is 2.20. The largest absolute Gasteiger partial charge is 0.403 e. The third-order valence-corrected chi connectivity index (χ3v) is 4.55. The van der Waals surface area contributed by atoms with Crippen LogP contribution in [0, 0.1) is 28.1 Å². The number of para-hydroxylation sites is 1. The van der Waals surface area contributed by atoms with Gasteiger partial charge in [0.15, 0.2) is 0 Å². The third kappa shape index (κ3) is 4.30. The summed E-state index contributed by atoms with van der Waals surface area (Å²) in [5.41, 5.74) is 11.8. The van der Waals surface area contributed by atoms with Crippen LogP contribution in [0.1, 0.15) is 24.4 Å². The minimum atomic E-state index is -0.649. The standard InChI is InChI=1S/C22H19N9O/c1-13(28-19(30-22(26)27)15(11-24)12-25)20-29-18-8-7-14(10-23)9-17(18)21(32)31(20)16-5-3-2-4-6-16/h2-9,11,13H,24H2,1H3,(H4,26,27,28,30)/b15-11+. The summed E-state index contributed by atoms with van der Waals surface area (Å²) in [4.78, 5) is 21.9. The van der Waals surface area contributed by atoms with Gasteiger partial charge in [0.25, 0.3) is 5.56 Å². The molecule has 3 aromatic rings. The Balaban J connectivity index is 2.25. The van der Waals surface area contributed by atoms with Gasteiger partial charge < -0.3 is 16.8 Å². The van der Waals surface area contributed by atoms with Crippen LogP contribution >= 0.6 is 0 Å².